The molecule has 0 bridgehead atoms. The first kappa shape index (κ1) is 23.6. The number of pyridine rings is 1. The molecule has 1 fully saturated rings. The maximum absolute atomic E-state index is 13.1. The van der Waals surface area contributed by atoms with E-state index in [2.05, 4.69) is 57.8 Å². The number of hydrogen-bond acceptors (Lipinski definition) is 8. The lowest BCUT2D eigenvalue weighted by Gasteiger charge is -2.35. The molecular formula is C26H30N8O2. The molecule has 3 aromatic heterocycles. The van der Waals surface area contributed by atoms with Crippen LogP contribution in [0.15, 0.2) is 60.0 Å². The van der Waals surface area contributed by atoms with Crippen molar-refractivity contribution in [2.75, 3.05) is 50.6 Å². The van der Waals surface area contributed by atoms with Crippen molar-refractivity contribution in [1.82, 2.24) is 29.2 Å². The molecule has 36 heavy (non-hydrogen) atoms. The van der Waals surface area contributed by atoms with Gasteiger partial charge in [0, 0.05) is 49.8 Å². The molecule has 0 aliphatic carbocycles. The molecule has 0 amide bonds. The number of allylic oxidation sites excluding steroid dienone is 1. The minimum absolute atomic E-state index is 0.214. The lowest BCUT2D eigenvalue weighted by molar-refractivity contribution is 0.312. The number of piperazine rings is 1. The highest BCUT2D eigenvalue weighted by atomic mass is 16.5. The van der Waals surface area contributed by atoms with Crippen LogP contribution in [-0.2, 0) is 6.54 Å². The molecular weight excluding hydrogens is 456 g/mol. The fourth-order valence-electron chi connectivity index (χ4n) is 4.51. The Balaban J connectivity index is 1.50. The summed E-state index contributed by atoms with van der Waals surface area (Å²) in [6, 6.07) is 11.6. The van der Waals surface area contributed by atoms with E-state index in [9.17, 15) is 4.79 Å². The molecule has 1 saturated heterocycles. The Morgan fingerprint density at radius 2 is 1.94 bits per heavy atom. The summed E-state index contributed by atoms with van der Waals surface area (Å²) in [5.74, 6) is 1.34. The van der Waals surface area contributed by atoms with Crippen LogP contribution in [-0.4, -0.2) is 69.6 Å². The minimum atomic E-state index is -0.214. The standard InChI is InChI=1S/C26H30N8O2/c1-5-11-33-25(35)20-17-27-26(30-24(20)34(33)22-7-6-8-23(29-22)36-4)28-19-9-10-21(18(2)16-19)32-14-12-31(3)13-15-32/h5-10,16-17H,1,11-15H2,2-4H3,(H,27,28,30). The normalized spacial score (nSPS) is 14.2. The van der Waals surface area contributed by atoms with Crippen molar-refractivity contribution < 1.29 is 4.74 Å². The van der Waals surface area contributed by atoms with Crippen molar-refractivity contribution in [1.29, 1.82) is 0 Å². The molecule has 5 rings (SSSR count). The van der Waals surface area contributed by atoms with Crippen molar-refractivity contribution in [3.8, 4) is 11.7 Å². The van der Waals surface area contributed by atoms with Crippen LogP contribution in [0.4, 0.5) is 17.3 Å². The van der Waals surface area contributed by atoms with Crippen molar-refractivity contribution in [3.05, 3.63) is 71.2 Å². The second kappa shape index (κ2) is 9.82. The maximum atomic E-state index is 13.1. The highest BCUT2D eigenvalue weighted by Crippen LogP contribution is 2.26. The molecule has 186 valence electrons. The number of nitrogens with zero attached hydrogens (tertiary/aromatic N) is 7. The van der Waals surface area contributed by atoms with E-state index in [1.165, 1.54) is 15.9 Å². The molecule has 1 aliphatic rings. The van der Waals surface area contributed by atoms with Gasteiger partial charge in [0.05, 0.1) is 13.7 Å². The molecule has 10 nitrogen and oxygen atoms in total. The molecule has 0 atom stereocenters. The molecule has 4 heterocycles. The topological polar surface area (TPSA) is 93.3 Å². The molecule has 10 heteroatoms. The van der Waals surface area contributed by atoms with E-state index in [4.69, 9.17) is 9.72 Å². The predicted molar refractivity (Wildman–Crippen MR) is 142 cm³/mol. The average molecular weight is 487 g/mol. The van der Waals surface area contributed by atoms with Gasteiger partial charge in [0.1, 0.15) is 5.39 Å². The number of aryl methyl sites for hydroxylation is 1. The van der Waals surface area contributed by atoms with E-state index in [-0.39, 0.29) is 5.56 Å². The van der Waals surface area contributed by atoms with Gasteiger partial charge in [0.25, 0.3) is 5.56 Å². The monoisotopic (exact) mass is 486 g/mol. The Bertz CT molecular complexity index is 1470. The quantitative estimate of drug-likeness (QED) is 0.399. The van der Waals surface area contributed by atoms with E-state index >= 15 is 0 Å². The van der Waals surface area contributed by atoms with Crippen LogP contribution in [0.5, 0.6) is 5.88 Å². The molecule has 1 N–H and O–H groups in total. The number of nitrogens with one attached hydrogen (secondary N) is 1. The summed E-state index contributed by atoms with van der Waals surface area (Å²) in [5, 5.41) is 3.69. The van der Waals surface area contributed by atoms with Crippen LogP contribution in [0.25, 0.3) is 16.9 Å². The van der Waals surface area contributed by atoms with Crippen LogP contribution < -0.4 is 20.5 Å². The van der Waals surface area contributed by atoms with Gasteiger partial charge in [-0.15, -0.1) is 6.58 Å². The van der Waals surface area contributed by atoms with Gasteiger partial charge in [-0.05, 0) is 43.8 Å². The van der Waals surface area contributed by atoms with Gasteiger partial charge in [-0.2, -0.15) is 9.97 Å². The third-order valence-electron chi connectivity index (χ3n) is 6.41. The number of fused-ring (bicyclic) bond motifs is 1. The van der Waals surface area contributed by atoms with Crippen LogP contribution in [0.3, 0.4) is 0 Å². The second-order valence-corrected chi connectivity index (χ2v) is 8.87. The Labute approximate surface area is 209 Å². The van der Waals surface area contributed by atoms with Crippen molar-refractivity contribution >= 4 is 28.4 Å². The Morgan fingerprint density at radius 1 is 1.14 bits per heavy atom. The van der Waals surface area contributed by atoms with E-state index in [0.717, 1.165) is 31.9 Å². The fraction of sp³-hybridized carbons (Fsp3) is 0.308. The molecule has 0 radical (unpaired) electrons. The summed E-state index contributed by atoms with van der Waals surface area (Å²) >= 11 is 0. The number of rotatable bonds is 7. The lowest BCUT2D eigenvalue weighted by Crippen LogP contribution is -2.44. The molecule has 1 aliphatic heterocycles. The van der Waals surface area contributed by atoms with E-state index < -0.39 is 0 Å². The molecule has 0 saturated carbocycles. The third kappa shape index (κ3) is 4.42. The zero-order valence-corrected chi connectivity index (χ0v) is 20.8. The highest BCUT2D eigenvalue weighted by molar-refractivity contribution is 5.77. The maximum Gasteiger partial charge on any atom is 0.278 e. The number of ether oxygens (including phenoxy) is 1. The first-order chi connectivity index (χ1) is 17.5. The van der Waals surface area contributed by atoms with Crippen molar-refractivity contribution in [3.63, 3.8) is 0 Å². The van der Waals surface area contributed by atoms with Crippen LogP contribution in [0.1, 0.15) is 5.56 Å². The average Bonchev–Trinajstić information content (AvgIpc) is 3.16. The van der Waals surface area contributed by atoms with Gasteiger partial charge in [-0.1, -0.05) is 12.1 Å². The van der Waals surface area contributed by atoms with Gasteiger partial charge in [0.15, 0.2) is 11.5 Å². The summed E-state index contributed by atoms with van der Waals surface area (Å²) < 4.78 is 8.50. The van der Waals surface area contributed by atoms with E-state index in [1.54, 1.807) is 36.2 Å². The number of methoxy groups -OCH3 is 1. The number of hydrogen-bond donors (Lipinski definition) is 1. The molecule has 1 aromatic carbocycles. The summed E-state index contributed by atoms with van der Waals surface area (Å²) in [6.07, 6.45) is 3.21. The van der Waals surface area contributed by atoms with Crippen molar-refractivity contribution in [2.24, 2.45) is 0 Å². The summed E-state index contributed by atoms with van der Waals surface area (Å²) in [6.45, 7) is 10.3. The van der Waals surface area contributed by atoms with E-state index in [0.29, 0.717) is 35.2 Å². The zero-order valence-electron chi connectivity index (χ0n) is 20.8. The van der Waals surface area contributed by atoms with Crippen LogP contribution in [0.2, 0.25) is 0 Å². The van der Waals surface area contributed by atoms with Gasteiger partial charge in [-0.25, -0.2) is 14.3 Å². The van der Waals surface area contributed by atoms with Gasteiger partial charge < -0.3 is 19.9 Å². The second-order valence-electron chi connectivity index (χ2n) is 8.87. The SMILES string of the molecule is C=CCn1c(=O)c2cnc(Nc3ccc(N4CCN(C)CC4)c(C)c3)nc2n1-c1cccc(OC)n1. The Kier molecular flexibility index (Phi) is 6.43. The summed E-state index contributed by atoms with van der Waals surface area (Å²) in [5.41, 5.74) is 3.53. The number of likely N-dealkylation sites (N-methyl/N-ethyl adjacent to an activating group) is 1. The molecule has 0 spiro atoms. The van der Waals surface area contributed by atoms with Crippen LogP contribution >= 0.6 is 0 Å². The summed E-state index contributed by atoms with van der Waals surface area (Å²) in [4.78, 5) is 31.5. The molecule has 4 aromatic rings. The summed E-state index contributed by atoms with van der Waals surface area (Å²) in [7, 11) is 3.71. The number of aromatic nitrogens is 5. The Hall–Kier alpha value is -4.18. The smallest absolute Gasteiger partial charge is 0.278 e. The Morgan fingerprint density at radius 3 is 2.67 bits per heavy atom. The highest BCUT2D eigenvalue weighted by Gasteiger charge is 2.19. The van der Waals surface area contributed by atoms with Gasteiger partial charge >= 0.3 is 0 Å². The van der Waals surface area contributed by atoms with Gasteiger partial charge in [-0.3, -0.25) is 4.79 Å². The van der Waals surface area contributed by atoms with Crippen molar-refractivity contribution in [2.45, 2.75) is 13.5 Å². The lowest BCUT2D eigenvalue weighted by atomic mass is 10.1. The largest absolute Gasteiger partial charge is 0.481 e. The minimum Gasteiger partial charge on any atom is -0.481 e. The third-order valence-corrected chi connectivity index (χ3v) is 6.41. The fourth-order valence-corrected chi connectivity index (χ4v) is 4.51. The van der Waals surface area contributed by atoms with Crippen LogP contribution in [0, 0.1) is 6.92 Å². The van der Waals surface area contributed by atoms with E-state index in [1.807, 2.05) is 12.1 Å². The van der Waals surface area contributed by atoms with Gasteiger partial charge in [0.2, 0.25) is 11.8 Å². The number of anilines is 3. The zero-order chi connectivity index (χ0) is 25.2. The first-order valence-electron chi connectivity index (χ1n) is 11.9. The predicted octanol–water partition coefficient (Wildman–Crippen LogP) is 2.98. The first-order valence-corrected chi connectivity index (χ1v) is 11.9. The molecule has 0 unspecified atom stereocenters. The number of benzene rings is 1.